The number of carbonyl (C=O) groups is 1. The molecule has 0 aliphatic rings. The molecule has 1 heterocycles. The number of aryl methyl sites for hydroxylation is 1. The zero-order valence-electron chi connectivity index (χ0n) is 11.5. The van der Waals surface area contributed by atoms with Gasteiger partial charge in [0.25, 0.3) is 0 Å². The Morgan fingerprint density at radius 2 is 1.90 bits per heavy atom. The van der Waals surface area contributed by atoms with Crippen molar-refractivity contribution in [2.45, 2.75) is 6.92 Å². The van der Waals surface area contributed by atoms with E-state index in [1.807, 2.05) is 35.8 Å². The predicted molar refractivity (Wildman–Crippen MR) is 83.2 cm³/mol. The molecule has 21 heavy (non-hydrogen) atoms. The summed E-state index contributed by atoms with van der Waals surface area (Å²) in [6.07, 6.45) is 3.45. The Balaban J connectivity index is 2.16. The summed E-state index contributed by atoms with van der Waals surface area (Å²) in [5, 5.41) is 0.538. The van der Waals surface area contributed by atoms with Gasteiger partial charge in [0.05, 0.1) is 12.0 Å². The molecule has 0 aliphatic carbocycles. The molecule has 1 aromatic heterocycles. The second-order valence-corrected chi connectivity index (χ2v) is 5.20. The zero-order chi connectivity index (χ0) is 14.8. The SMILES string of the molecule is Cc1cncn1-c1ccc(Cl)cc1C(=O)c1ccccc1. The fourth-order valence-corrected chi connectivity index (χ4v) is 2.43. The lowest BCUT2D eigenvalue weighted by Crippen LogP contribution is -2.08. The fraction of sp³-hybridized carbons (Fsp3) is 0.0588. The quantitative estimate of drug-likeness (QED) is 0.683. The van der Waals surface area contributed by atoms with E-state index in [0.29, 0.717) is 16.1 Å². The molecule has 0 spiro atoms. The van der Waals surface area contributed by atoms with E-state index in [1.165, 1.54) is 0 Å². The molecule has 2 aromatic carbocycles. The van der Waals surface area contributed by atoms with Gasteiger partial charge in [0.2, 0.25) is 0 Å². The van der Waals surface area contributed by atoms with E-state index in [2.05, 4.69) is 4.98 Å². The molecule has 0 fully saturated rings. The number of rotatable bonds is 3. The summed E-state index contributed by atoms with van der Waals surface area (Å²) >= 11 is 6.07. The summed E-state index contributed by atoms with van der Waals surface area (Å²) < 4.78 is 1.88. The van der Waals surface area contributed by atoms with Crippen molar-refractivity contribution in [1.29, 1.82) is 0 Å². The van der Waals surface area contributed by atoms with Gasteiger partial charge in [-0.2, -0.15) is 0 Å². The molecule has 4 heteroatoms. The van der Waals surface area contributed by atoms with E-state index >= 15 is 0 Å². The van der Waals surface area contributed by atoms with Crippen molar-refractivity contribution in [1.82, 2.24) is 9.55 Å². The summed E-state index contributed by atoms with van der Waals surface area (Å²) in [5.41, 5.74) is 2.94. The molecule has 0 saturated carbocycles. The minimum Gasteiger partial charge on any atom is -0.303 e. The van der Waals surface area contributed by atoms with Gasteiger partial charge in [-0.1, -0.05) is 41.9 Å². The van der Waals surface area contributed by atoms with Crippen molar-refractivity contribution in [3.05, 3.63) is 82.9 Å². The molecule has 0 atom stereocenters. The van der Waals surface area contributed by atoms with Gasteiger partial charge in [0.15, 0.2) is 5.78 Å². The van der Waals surface area contributed by atoms with E-state index < -0.39 is 0 Å². The van der Waals surface area contributed by atoms with Crippen molar-refractivity contribution >= 4 is 17.4 Å². The molecule has 0 radical (unpaired) electrons. The van der Waals surface area contributed by atoms with Gasteiger partial charge in [0, 0.05) is 28.0 Å². The van der Waals surface area contributed by atoms with Crippen LogP contribution in [0.3, 0.4) is 0 Å². The molecule has 3 aromatic rings. The molecule has 0 N–H and O–H groups in total. The Hall–Kier alpha value is -2.39. The monoisotopic (exact) mass is 296 g/mol. The van der Waals surface area contributed by atoms with Gasteiger partial charge >= 0.3 is 0 Å². The van der Waals surface area contributed by atoms with Crippen LogP contribution in [0.1, 0.15) is 21.6 Å². The van der Waals surface area contributed by atoms with Crippen molar-refractivity contribution < 1.29 is 4.79 Å². The fourth-order valence-electron chi connectivity index (χ4n) is 2.26. The second-order valence-electron chi connectivity index (χ2n) is 4.76. The third-order valence-corrected chi connectivity index (χ3v) is 3.56. The summed E-state index contributed by atoms with van der Waals surface area (Å²) in [6, 6.07) is 14.5. The second kappa shape index (κ2) is 5.54. The number of aromatic nitrogens is 2. The molecule has 0 saturated heterocycles. The zero-order valence-corrected chi connectivity index (χ0v) is 12.2. The van der Waals surface area contributed by atoms with Gasteiger partial charge < -0.3 is 4.57 Å². The van der Waals surface area contributed by atoms with Crippen molar-refractivity contribution in [3.63, 3.8) is 0 Å². The number of hydrogen-bond donors (Lipinski definition) is 0. The molecular weight excluding hydrogens is 284 g/mol. The molecule has 3 nitrogen and oxygen atoms in total. The van der Waals surface area contributed by atoms with Crippen LogP contribution in [0.4, 0.5) is 0 Å². The third kappa shape index (κ3) is 2.60. The van der Waals surface area contributed by atoms with Crippen LogP contribution >= 0.6 is 11.6 Å². The lowest BCUT2D eigenvalue weighted by molar-refractivity contribution is 0.103. The number of ketones is 1. The minimum absolute atomic E-state index is 0.0544. The van der Waals surface area contributed by atoms with E-state index in [9.17, 15) is 4.79 Å². The first-order valence-electron chi connectivity index (χ1n) is 6.55. The number of benzene rings is 2. The van der Waals surface area contributed by atoms with Crippen LogP contribution < -0.4 is 0 Å². The molecule has 0 bridgehead atoms. The normalized spacial score (nSPS) is 10.6. The highest BCUT2D eigenvalue weighted by atomic mass is 35.5. The average molecular weight is 297 g/mol. The van der Waals surface area contributed by atoms with E-state index in [-0.39, 0.29) is 5.78 Å². The number of imidazole rings is 1. The maximum Gasteiger partial charge on any atom is 0.195 e. The van der Waals surface area contributed by atoms with Crippen LogP contribution in [0.25, 0.3) is 5.69 Å². The van der Waals surface area contributed by atoms with Gasteiger partial charge in [0.1, 0.15) is 0 Å². The van der Waals surface area contributed by atoms with Gasteiger partial charge in [-0.05, 0) is 25.1 Å². The van der Waals surface area contributed by atoms with Crippen molar-refractivity contribution in [2.75, 3.05) is 0 Å². The number of carbonyl (C=O) groups excluding carboxylic acids is 1. The first-order valence-corrected chi connectivity index (χ1v) is 6.93. The number of halogens is 1. The third-order valence-electron chi connectivity index (χ3n) is 3.32. The van der Waals surface area contributed by atoms with Crippen molar-refractivity contribution in [3.8, 4) is 5.69 Å². The Morgan fingerprint density at radius 3 is 2.57 bits per heavy atom. The van der Waals surface area contributed by atoms with Gasteiger partial charge in [-0.15, -0.1) is 0 Å². The predicted octanol–water partition coefficient (Wildman–Crippen LogP) is 4.07. The van der Waals surface area contributed by atoms with Gasteiger partial charge in [-0.25, -0.2) is 4.98 Å². The highest BCUT2D eigenvalue weighted by Crippen LogP contribution is 2.23. The highest BCUT2D eigenvalue weighted by Gasteiger charge is 2.16. The van der Waals surface area contributed by atoms with Gasteiger partial charge in [-0.3, -0.25) is 4.79 Å². The van der Waals surface area contributed by atoms with Crippen LogP contribution in [0.15, 0.2) is 61.1 Å². The van der Waals surface area contributed by atoms with Crippen LogP contribution in [0, 0.1) is 6.92 Å². The summed E-state index contributed by atoms with van der Waals surface area (Å²) in [7, 11) is 0. The van der Waals surface area contributed by atoms with E-state index in [0.717, 1.165) is 11.4 Å². The van der Waals surface area contributed by atoms with Crippen LogP contribution in [-0.4, -0.2) is 15.3 Å². The number of hydrogen-bond acceptors (Lipinski definition) is 2. The minimum atomic E-state index is -0.0544. The molecule has 104 valence electrons. The first-order chi connectivity index (χ1) is 10.2. The van der Waals surface area contributed by atoms with E-state index in [4.69, 9.17) is 11.6 Å². The summed E-state index contributed by atoms with van der Waals surface area (Å²) in [5.74, 6) is -0.0544. The number of nitrogens with zero attached hydrogens (tertiary/aromatic N) is 2. The van der Waals surface area contributed by atoms with Crippen LogP contribution in [0.2, 0.25) is 5.02 Å². The smallest absolute Gasteiger partial charge is 0.195 e. The molecular formula is C17H13ClN2O. The Kier molecular flexibility index (Phi) is 3.59. The molecule has 0 amide bonds. The van der Waals surface area contributed by atoms with Crippen LogP contribution in [-0.2, 0) is 0 Å². The lowest BCUT2D eigenvalue weighted by Gasteiger charge is -2.12. The Morgan fingerprint density at radius 1 is 1.14 bits per heavy atom. The van der Waals surface area contributed by atoms with Crippen molar-refractivity contribution in [2.24, 2.45) is 0 Å². The van der Waals surface area contributed by atoms with E-state index in [1.54, 1.807) is 36.8 Å². The maximum atomic E-state index is 12.7. The Labute approximate surface area is 127 Å². The maximum absolute atomic E-state index is 12.7. The standard InChI is InChI=1S/C17H13ClN2O/c1-12-10-19-11-20(12)16-8-7-14(18)9-15(16)17(21)13-5-3-2-4-6-13/h2-11H,1H3. The largest absolute Gasteiger partial charge is 0.303 e. The summed E-state index contributed by atoms with van der Waals surface area (Å²) in [4.78, 5) is 16.8. The van der Waals surface area contributed by atoms with Crippen LogP contribution in [0.5, 0.6) is 0 Å². The average Bonchev–Trinajstić information content (AvgIpc) is 2.93. The topological polar surface area (TPSA) is 34.9 Å². The summed E-state index contributed by atoms with van der Waals surface area (Å²) in [6.45, 7) is 1.94. The molecule has 3 rings (SSSR count). The lowest BCUT2D eigenvalue weighted by atomic mass is 10.0. The molecule has 0 aliphatic heterocycles. The highest BCUT2D eigenvalue weighted by molar-refractivity contribution is 6.31. The molecule has 0 unspecified atom stereocenters. The Bertz CT molecular complexity index is 794. The first kappa shape index (κ1) is 13.6.